The van der Waals surface area contributed by atoms with E-state index in [9.17, 15) is 4.79 Å². The highest BCUT2D eigenvalue weighted by Gasteiger charge is 2.47. The van der Waals surface area contributed by atoms with Crippen LogP contribution in [0.1, 0.15) is 40.5 Å². The topological polar surface area (TPSA) is 50.4 Å². The van der Waals surface area contributed by atoms with Crippen LogP contribution < -0.4 is 10.6 Å². The number of hydrogen-bond donors (Lipinski definition) is 2. The molecule has 2 saturated heterocycles. The lowest BCUT2D eigenvalue weighted by molar-refractivity contribution is -0.135. The maximum absolute atomic E-state index is 12.7. The first-order valence-corrected chi connectivity index (χ1v) is 7.06. The highest BCUT2D eigenvalue weighted by molar-refractivity contribution is 5.84. The molecule has 2 rings (SSSR count). The second-order valence-electron chi connectivity index (χ2n) is 6.37. The predicted octanol–water partition coefficient (Wildman–Crippen LogP) is 1.31. The lowest BCUT2D eigenvalue weighted by Crippen LogP contribution is -2.57. The van der Waals surface area contributed by atoms with Crippen LogP contribution in [0, 0.1) is 11.3 Å². The highest BCUT2D eigenvalue weighted by atomic mass is 16.5. The van der Waals surface area contributed by atoms with Crippen LogP contribution in [0.15, 0.2) is 0 Å². The van der Waals surface area contributed by atoms with Crippen LogP contribution in [0.5, 0.6) is 0 Å². The minimum atomic E-state index is -0.245. The molecule has 0 saturated carbocycles. The average Bonchev–Trinajstić information content (AvgIpc) is 2.88. The number of rotatable bonds is 3. The maximum atomic E-state index is 12.7. The van der Waals surface area contributed by atoms with Crippen LogP contribution >= 0.6 is 0 Å². The maximum Gasteiger partial charge on any atom is 0.228 e. The number of amides is 1. The van der Waals surface area contributed by atoms with Crippen molar-refractivity contribution in [1.29, 1.82) is 0 Å². The molecule has 0 aliphatic carbocycles. The third kappa shape index (κ3) is 2.16. The molecular weight excluding hydrogens is 228 g/mol. The Morgan fingerprint density at radius 3 is 2.61 bits per heavy atom. The Kier molecular flexibility index (Phi) is 3.70. The Balaban J connectivity index is 2.11. The predicted molar refractivity (Wildman–Crippen MR) is 71.3 cm³/mol. The fourth-order valence-corrected chi connectivity index (χ4v) is 3.04. The van der Waals surface area contributed by atoms with Crippen molar-refractivity contribution in [3.05, 3.63) is 0 Å². The molecule has 2 aliphatic heterocycles. The molecule has 0 aromatic carbocycles. The van der Waals surface area contributed by atoms with Crippen molar-refractivity contribution >= 4 is 5.91 Å². The van der Waals surface area contributed by atoms with Gasteiger partial charge in [0.2, 0.25) is 5.91 Å². The van der Waals surface area contributed by atoms with Gasteiger partial charge in [0.05, 0.1) is 17.1 Å². The molecule has 0 bridgehead atoms. The normalized spacial score (nSPS) is 40.4. The summed E-state index contributed by atoms with van der Waals surface area (Å²) in [5, 5.41) is 6.60. The van der Waals surface area contributed by atoms with Gasteiger partial charge in [-0.15, -0.1) is 0 Å². The number of carbonyl (C=O) groups excluding carboxylic acids is 1. The molecular formula is C14H26N2O2. The number of carbonyl (C=O) groups is 1. The van der Waals surface area contributed by atoms with E-state index in [0.717, 1.165) is 32.5 Å². The van der Waals surface area contributed by atoms with Crippen molar-refractivity contribution in [2.24, 2.45) is 11.3 Å². The van der Waals surface area contributed by atoms with E-state index in [1.54, 1.807) is 0 Å². The van der Waals surface area contributed by atoms with Crippen molar-refractivity contribution in [2.75, 3.05) is 19.7 Å². The molecule has 2 fully saturated rings. The molecule has 3 unspecified atom stereocenters. The summed E-state index contributed by atoms with van der Waals surface area (Å²) in [6.45, 7) is 10.9. The van der Waals surface area contributed by atoms with Gasteiger partial charge < -0.3 is 15.4 Å². The lowest BCUT2D eigenvalue weighted by Gasteiger charge is -2.37. The van der Waals surface area contributed by atoms with E-state index in [-0.39, 0.29) is 23.0 Å². The van der Waals surface area contributed by atoms with Crippen molar-refractivity contribution in [3.63, 3.8) is 0 Å². The van der Waals surface area contributed by atoms with Gasteiger partial charge >= 0.3 is 0 Å². The molecule has 1 amide bonds. The van der Waals surface area contributed by atoms with Crippen LogP contribution in [-0.4, -0.2) is 37.2 Å². The van der Waals surface area contributed by atoms with Crippen molar-refractivity contribution < 1.29 is 9.53 Å². The second-order valence-corrected chi connectivity index (χ2v) is 6.37. The summed E-state index contributed by atoms with van der Waals surface area (Å²) in [6.07, 6.45) is 1.93. The highest BCUT2D eigenvalue weighted by Crippen LogP contribution is 2.36. The summed E-state index contributed by atoms with van der Waals surface area (Å²) in [6, 6.07) is 0. The third-order valence-electron chi connectivity index (χ3n) is 5.03. The molecule has 4 nitrogen and oxygen atoms in total. The van der Waals surface area contributed by atoms with Crippen LogP contribution in [0.4, 0.5) is 0 Å². The summed E-state index contributed by atoms with van der Waals surface area (Å²) >= 11 is 0. The first-order valence-electron chi connectivity index (χ1n) is 7.06. The number of hydrogen-bond acceptors (Lipinski definition) is 3. The second kappa shape index (κ2) is 4.82. The molecule has 0 aromatic rings. The molecule has 2 heterocycles. The minimum absolute atomic E-state index is 0.0972. The van der Waals surface area contributed by atoms with E-state index in [4.69, 9.17) is 4.74 Å². The van der Waals surface area contributed by atoms with E-state index in [2.05, 4.69) is 31.4 Å². The van der Waals surface area contributed by atoms with Gasteiger partial charge in [0.25, 0.3) is 0 Å². The quantitative estimate of drug-likeness (QED) is 0.798. The van der Waals surface area contributed by atoms with Gasteiger partial charge in [-0.25, -0.2) is 0 Å². The van der Waals surface area contributed by atoms with Gasteiger partial charge in [0, 0.05) is 13.2 Å². The molecule has 0 aromatic heterocycles. The van der Waals surface area contributed by atoms with Gasteiger partial charge in [-0.1, -0.05) is 13.8 Å². The molecule has 2 aliphatic rings. The molecule has 18 heavy (non-hydrogen) atoms. The third-order valence-corrected chi connectivity index (χ3v) is 5.03. The van der Waals surface area contributed by atoms with E-state index >= 15 is 0 Å². The van der Waals surface area contributed by atoms with Crippen molar-refractivity contribution in [3.8, 4) is 0 Å². The fraction of sp³-hybridized carbons (Fsp3) is 0.929. The molecule has 4 heteroatoms. The average molecular weight is 254 g/mol. The zero-order valence-corrected chi connectivity index (χ0v) is 12.0. The largest absolute Gasteiger partial charge is 0.376 e. The van der Waals surface area contributed by atoms with Crippen LogP contribution in [0.25, 0.3) is 0 Å². The minimum Gasteiger partial charge on any atom is -0.376 e. The Morgan fingerprint density at radius 2 is 2.17 bits per heavy atom. The van der Waals surface area contributed by atoms with Crippen LogP contribution in [0.2, 0.25) is 0 Å². The summed E-state index contributed by atoms with van der Waals surface area (Å²) in [4.78, 5) is 12.7. The zero-order chi connectivity index (χ0) is 13.4. The molecule has 104 valence electrons. The lowest BCUT2D eigenvalue weighted by atomic mass is 9.75. The molecule has 3 atom stereocenters. The molecule has 2 N–H and O–H groups in total. The van der Waals surface area contributed by atoms with Crippen molar-refractivity contribution in [2.45, 2.75) is 52.2 Å². The smallest absolute Gasteiger partial charge is 0.228 e. The number of nitrogens with one attached hydrogen (secondary N) is 2. The zero-order valence-electron chi connectivity index (χ0n) is 12.0. The first kappa shape index (κ1) is 13.8. The van der Waals surface area contributed by atoms with E-state index in [1.165, 1.54) is 0 Å². The summed E-state index contributed by atoms with van der Waals surface area (Å²) in [5.74, 6) is 0.552. The Hall–Kier alpha value is -0.610. The summed E-state index contributed by atoms with van der Waals surface area (Å²) in [5.41, 5.74) is -0.452. The Labute approximate surface area is 110 Å². The Morgan fingerprint density at radius 1 is 1.44 bits per heavy atom. The van der Waals surface area contributed by atoms with E-state index in [1.807, 2.05) is 6.92 Å². The summed E-state index contributed by atoms with van der Waals surface area (Å²) < 4.78 is 5.60. The van der Waals surface area contributed by atoms with Gasteiger partial charge in [-0.2, -0.15) is 0 Å². The fourth-order valence-electron chi connectivity index (χ4n) is 3.04. The first-order chi connectivity index (χ1) is 8.41. The van der Waals surface area contributed by atoms with Gasteiger partial charge in [-0.3, -0.25) is 4.79 Å². The van der Waals surface area contributed by atoms with E-state index in [0.29, 0.717) is 5.92 Å². The van der Waals surface area contributed by atoms with Crippen LogP contribution in [-0.2, 0) is 9.53 Å². The van der Waals surface area contributed by atoms with Crippen molar-refractivity contribution in [1.82, 2.24) is 10.6 Å². The molecule has 0 spiro atoms. The van der Waals surface area contributed by atoms with Gasteiger partial charge in [0.1, 0.15) is 0 Å². The summed E-state index contributed by atoms with van der Waals surface area (Å²) in [7, 11) is 0. The van der Waals surface area contributed by atoms with Gasteiger partial charge in [0.15, 0.2) is 0 Å². The molecule has 0 radical (unpaired) electrons. The monoisotopic (exact) mass is 254 g/mol. The van der Waals surface area contributed by atoms with Crippen LogP contribution in [0.3, 0.4) is 0 Å². The van der Waals surface area contributed by atoms with Gasteiger partial charge in [-0.05, 0) is 39.2 Å². The standard InChI is InChI=1S/C14H26N2O2/c1-10(2)14(5-7-15-9-14)12(17)16-13(4)6-8-18-11(13)3/h10-11,15H,5-9H2,1-4H3,(H,16,17). The number of ether oxygens (including phenoxy) is 1. The van der Waals surface area contributed by atoms with E-state index < -0.39 is 0 Å². The SMILES string of the molecule is CC1OCCC1(C)NC(=O)C1(C(C)C)CCNC1. The Bertz CT molecular complexity index is 324.